The van der Waals surface area contributed by atoms with Gasteiger partial charge in [0.2, 0.25) is 15.9 Å². The first-order chi connectivity index (χ1) is 13.4. The zero-order chi connectivity index (χ0) is 20.1. The third-order valence-corrected chi connectivity index (χ3v) is 6.99. The predicted octanol–water partition coefficient (Wildman–Crippen LogP) is -0.00330. The Morgan fingerprint density at radius 1 is 1.29 bits per heavy atom. The molecule has 2 saturated heterocycles. The fraction of sp³-hybridized carbons (Fsp3) is 0.579. The van der Waals surface area contributed by atoms with Crippen LogP contribution in [0, 0.1) is 0 Å². The summed E-state index contributed by atoms with van der Waals surface area (Å²) in [6.07, 6.45) is 1.47. The number of nitrogens with one attached hydrogen (secondary N) is 1. The molecule has 9 heteroatoms. The minimum Gasteiger partial charge on any atom is -0.383 e. The van der Waals surface area contributed by atoms with Gasteiger partial charge in [0.1, 0.15) is 0 Å². The number of hydrogen-bond donors (Lipinski definition) is 1. The Kier molecular flexibility index (Phi) is 6.69. The summed E-state index contributed by atoms with van der Waals surface area (Å²) in [7, 11) is -2.16. The van der Waals surface area contributed by atoms with Crippen molar-refractivity contribution in [3.8, 4) is 0 Å². The number of benzene rings is 1. The summed E-state index contributed by atoms with van der Waals surface area (Å²) in [5.41, 5.74) is 1.10. The summed E-state index contributed by atoms with van der Waals surface area (Å²) in [4.78, 5) is 27.0. The number of methoxy groups -OCH3 is 1. The first-order valence-corrected chi connectivity index (χ1v) is 11.1. The highest BCUT2D eigenvalue weighted by molar-refractivity contribution is 7.89. The third-order valence-electron chi connectivity index (χ3n) is 5.25. The van der Waals surface area contributed by atoms with Crippen molar-refractivity contribution in [2.24, 2.45) is 0 Å². The SMILES string of the molecule is COCCN1C(=O)[C@@H]2C[C@H](NC(=O)CCc3ccccc3)CN2CCS1(=O)=O. The number of nitrogens with zero attached hydrogens (tertiary/aromatic N) is 2. The van der Waals surface area contributed by atoms with Crippen molar-refractivity contribution in [1.29, 1.82) is 0 Å². The van der Waals surface area contributed by atoms with E-state index in [2.05, 4.69) is 5.32 Å². The van der Waals surface area contributed by atoms with Crippen LogP contribution in [0.2, 0.25) is 0 Å². The van der Waals surface area contributed by atoms with Crippen LogP contribution in [-0.2, 0) is 30.8 Å². The number of carbonyl (C=O) groups excluding carboxylic acids is 2. The second-order valence-corrected chi connectivity index (χ2v) is 9.23. The van der Waals surface area contributed by atoms with Gasteiger partial charge < -0.3 is 10.1 Å². The van der Waals surface area contributed by atoms with Crippen LogP contribution >= 0.6 is 0 Å². The highest BCUT2D eigenvalue weighted by Crippen LogP contribution is 2.24. The average molecular weight is 410 g/mol. The maximum Gasteiger partial charge on any atom is 0.253 e. The average Bonchev–Trinajstić information content (AvgIpc) is 3.05. The Balaban J connectivity index is 1.57. The normalized spacial score (nSPS) is 24.6. The molecule has 0 radical (unpaired) electrons. The molecular formula is C19H27N3O5S. The largest absolute Gasteiger partial charge is 0.383 e. The summed E-state index contributed by atoms with van der Waals surface area (Å²) in [6, 6.07) is 9.13. The van der Waals surface area contributed by atoms with E-state index in [0.717, 1.165) is 9.87 Å². The molecule has 0 aromatic heterocycles. The molecule has 2 atom stereocenters. The van der Waals surface area contributed by atoms with E-state index in [1.54, 1.807) is 0 Å². The van der Waals surface area contributed by atoms with E-state index in [1.165, 1.54) is 7.11 Å². The minimum atomic E-state index is -3.63. The molecule has 154 valence electrons. The van der Waals surface area contributed by atoms with Gasteiger partial charge in [0.05, 0.1) is 24.9 Å². The van der Waals surface area contributed by atoms with Crippen molar-refractivity contribution in [2.45, 2.75) is 31.3 Å². The molecule has 8 nitrogen and oxygen atoms in total. The summed E-state index contributed by atoms with van der Waals surface area (Å²) in [5.74, 6) is -0.577. The molecule has 2 aliphatic rings. The maximum absolute atomic E-state index is 12.8. The van der Waals surface area contributed by atoms with Crippen LogP contribution in [-0.4, -0.2) is 80.6 Å². The van der Waals surface area contributed by atoms with Crippen LogP contribution in [0.4, 0.5) is 0 Å². The molecule has 1 N–H and O–H groups in total. The number of ether oxygens (including phenoxy) is 1. The fourth-order valence-electron chi connectivity index (χ4n) is 3.78. The number of sulfonamides is 1. The Labute approximate surface area is 165 Å². The number of aryl methyl sites for hydroxylation is 1. The van der Waals surface area contributed by atoms with Gasteiger partial charge in [-0.25, -0.2) is 12.7 Å². The molecule has 3 rings (SSSR count). The van der Waals surface area contributed by atoms with Crippen molar-refractivity contribution in [1.82, 2.24) is 14.5 Å². The molecule has 1 aromatic rings. The molecule has 2 aliphatic heterocycles. The molecular weight excluding hydrogens is 382 g/mol. The van der Waals surface area contributed by atoms with Crippen molar-refractivity contribution in [2.75, 3.05) is 39.1 Å². The second kappa shape index (κ2) is 9.02. The Morgan fingerprint density at radius 3 is 2.75 bits per heavy atom. The smallest absolute Gasteiger partial charge is 0.253 e. The molecule has 0 aliphatic carbocycles. The lowest BCUT2D eigenvalue weighted by Crippen LogP contribution is -2.45. The summed E-state index contributed by atoms with van der Waals surface area (Å²) in [5, 5.41) is 3.00. The van der Waals surface area contributed by atoms with E-state index in [1.807, 2.05) is 35.2 Å². The Hall–Kier alpha value is -1.97. The summed E-state index contributed by atoms with van der Waals surface area (Å²) in [6.45, 7) is 0.965. The number of rotatable bonds is 7. The lowest BCUT2D eigenvalue weighted by Gasteiger charge is -2.23. The molecule has 2 heterocycles. The van der Waals surface area contributed by atoms with Gasteiger partial charge in [-0.2, -0.15) is 0 Å². The van der Waals surface area contributed by atoms with Crippen LogP contribution in [0.5, 0.6) is 0 Å². The second-order valence-electron chi connectivity index (χ2n) is 7.22. The molecule has 0 unspecified atom stereocenters. The van der Waals surface area contributed by atoms with Crippen molar-refractivity contribution < 1.29 is 22.7 Å². The lowest BCUT2D eigenvalue weighted by atomic mass is 10.1. The molecule has 2 amide bonds. The van der Waals surface area contributed by atoms with Crippen molar-refractivity contribution >= 4 is 21.8 Å². The Bertz CT molecular complexity index is 799. The van der Waals surface area contributed by atoms with E-state index < -0.39 is 22.0 Å². The molecule has 2 fully saturated rings. The number of fused-ring (bicyclic) bond motifs is 1. The van der Waals surface area contributed by atoms with E-state index in [9.17, 15) is 18.0 Å². The molecule has 28 heavy (non-hydrogen) atoms. The van der Waals surface area contributed by atoms with Crippen molar-refractivity contribution in [3.05, 3.63) is 35.9 Å². The summed E-state index contributed by atoms with van der Waals surface area (Å²) < 4.78 is 30.7. The first-order valence-electron chi connectivity index (χ1n) is 9.51. The minimum absolute atomic E-state index is 0.0239. The van der Waals surface area contributed by atoms with Crippen molar-refractivity contribution in [3.63, 3.8) is 0 Å². The van der Waals surface area contributed by atoms with Gasteiger partial charge in [-0.1, -0.05) is 30.3 Å². The predicted molar refractivity (Wildman–Crippen MR) is 104 cm³/mol. The monoisotopic (exact) mass is 409 g/mol. The van der Waals surface area contributed by atoms with E-state index in [0.29, 0.717) is 32.4 Å². The van der Waals surface area contributed by atoms with E-state index >= 15 is 0 Å². The molecule has 0 saturated carbocycles. The van der Waals surface area contributed by atoms with Crippen LogP contribution in [0.1, 0.15) is 18.4 Å². The van der Waals surface area contributed by atoms with Gasteiger partial charge in [-0.15, -0.1) is 0 Å². The number of amides is 2. The molecule has 0 bridgehead atoms. The first kappa shape index (κ1) is 20.8. The van der Waals surface area contributed by atoms with E-state index in [-0.39, 0.29) is 30.9 Å². The topological polar surface area (TPSA) is 96.0 Å². The summed E-state index contributed by atoms with van der Waals surface area (Å²) >= 11 is 0. The fourth-order valence-corrected chi connectivity index (χ4v) is 5.22. The quantitative estimate of drug-likeness (QED) is 0.681. The lowest BCUT2D eigenvalue weighted by molar-refractivity contribution is -0.131. The van der Waals surface area contributed by atoms with Gasteiger partial charge in [-0.3, -0.25) is 14.5 Å². The van der Waals surface area contributed by atoms with Gasteiger partial charge in [-0.05, 0) is 18.4 Å². The van der Waals surface area contributed by atoms with Crippen LogP contribution in [0.25, 0.3) is 0 Å². The van der Waals surface area contributed by atoms with Gasteiger partial charge in [0.15, 0.2) is 0 Å². The zero-order valence-electron chi connectivity index (χ0n) is 16.0. The van der Waals surface area contributed by atoms with Crippen LogP contribution in [0.15, 0.2) is 30.3 Å². The van der Waals surface area contributed by atoms with Gasteiger partial charge >= 0.3 is 0 Å². The number of carbonyl (C=O) groups is 2. The van der Waals surface area contributed by atoms with Gasteiger partial charge in [0, 0.05) is 32.7 Å². The molecule has 1 aromatic carbocycles. The Morgan fingerprint density at radius 2 is 2.04 bits per heavy atom. The standard InChI is InChI=1S/C19H27N3O5S/c1-27-11-9-22-19(24)17-13-16(14-21(17)10-12-28(22,25)26)20-18(23)8-7-15-5-3-2-4-6-15/h2-6,16-17H,7-14H2,1H3,(H,20,23)/t16-,17-/m0/s1. The molecule has 0 spiro atoms. The number of hydrogen-bond acceptors (Lipinski definition) is 6. The maximum atomic E-state index is 12.8. The van der Waals surface area contributed by atoms with Crippen LogP contribution < -0.4 is 5.32 Å². The highest BCUT2D eigenvalue weighted by atomic mass is 32.2. The van der Waals surface area contributed by atoms with Gasteiger partial charge in [0.25, 0.3) is 5.91 Å². The van der Waals surface area contributed by atoms with Crippen LogP contribution in [0.3, 0.4) is 0 Å². The third kappa shape index (κ3) is 4.89. The highest BCUT2D eigenvalue weighted by Gasteiger charge is 2.45. The van der Waals surface area contributed by atoms with E-state index in [4.69, 9.17) is 4.74 Å². The zero-order valence-corrected chi connectivity index (χ0v) is 16.9.